The predicted octanol–water partition coefficient (Wildman–Crippen LogP) is 3.03. The first kappa shape index (κ1) is 15.4. The van der Waals surface area contributed by atoms with E-state index < -0.39 is 0 Å². The SMILES string of the molecule is C[C@H](Cc1ccco1)NC(=O)Nc1ccc(N2CCCC2)nc1. The van der Waals surface area contributed by atoms with Crippen LogP contribution in [0.1, 0.15) is 25.5 Å². The zero-order valence-electron chi connectivity index (χ0n) is 13.3. The zero-order valence-corrected chi connectivity index (χ0v) is 13.3. The van der Waals surface area contributed by atoms with Crippen LogP contribution in [0.5, 0.6) is 0 Å². The maximum Gasteiger partial charge on any atom is 0.319 e. The summed E-state index contributed by atoms with van der Waals surface area (Å²) in [6.07, 6.45) is 6.43. The van der Waals surface area contributed by atoms with Gasteiger partial charge in [-0.1, -0.05) is 0 Å². The fourth-order valence-corrected chi connectivity index (χ4v) is 2.77. The largest absolute Gasteiger partial charge is 0.469 e. The van der Waals surface area contributed by atoms with Crippen molar-refractivity contribution in [2.75, 3.05) is 23.3 Å². The van der Waals surface area contributed by atoms with Gasteiger partial charge in [-0.15, -0.1) is 0 Å². The van der Waals surface area contributed by atoms with Gasteiger partial charge in [-0.3, -0.25) is 0 Å². The first-order valence-corrected chi connectivity index (χ1v) is 8.01. The van der Waals surface area contributed by atoms with Gasteiger partial charge in [-0.2, -0.15) is 0 Å². The van der Waals surface area contributed by atoms with Gasteiger partial charge in [0, 0.05) is 25.6 Å². The number of nitrogens with zero attached hydrogens (tertiary/aromatic N) is 2. The molecule has 1 fully saturated rings. The highest BCUT2D eigenvalue weighted by atomic mass is 16.3. The van der Waals surface area contributed by atoms with E-state index in [-0.39, 0.29) is 12.1 Å². The molecule has 0 aliphatic carbocycles. The first-order chi connectivity index (χ1) is 11.2. The Balaban J connectivity index is 1.49. The second-order valence-corrected chi connectivity index (χ2v) is 5.88. The van der Waals surface area contributed by atoms with Gasteiger partial charge in [0.1, 0.15) is 11.6 Å². The maximum atomic E-state index is 12.0. The van der Waals surface area contributed by atoms with Crippen LogP contribution in [0, 0.1) is 0 Å². The van der Waals surface area contributed by atoms with Crippen LogP contribution in [0.15, 0.2) is 41.1 Å². The normalized spacial score (nSPS) is 15.4. The van der Waals surface area contributed by atoms with Crippen molar-refractivity contribution in [1.82, 2.24) is 10.3 Å². The Hall–Kier alpha value is -2.50. The Bertz CT molecular complexity index is 619. The second kappa shape index (κ2) is 7.17. The second-order valence-electron chi connectivity index (χ2n) is 5.88. The molecule has 0 spiro atoms. The van der Waals surface area contributed by atoms with E-state index in [2.05, 4.69) is 20.5 Å². The van der Waals surface area contributed by atoms with E-state index >= 15 is 0 Å². The van der Waals surface area contributed by atoms with Crippen LogP contribution in [0.3, 0.4) is 0 Å². The van der Waals surface area contributed by atoms with Crippen LogP contribution in [0.2, 0.25) is 0 Å². The lowest BCUT2D eigenvalue weighted by atomic mass is 10.2. The first-order valence-electron chi connectivity index (χ1n) is 8.01. The number of hydrogen-bond donors (Lipinski definition) is 2. The Morgan fingerprint density at radius 1 is 1.35 bits per heavy atom. The monoisotopic (exact) mass is 314 g/mol. The number of pyridine rings is 1. The highest BCUT2D eigenvalue weighted by molar-refractivity contribution is 5.89. The Morgan fingerprint density at radius 3 is 2.83 bits per heavy atom. The molecule has 2 aromatic rings. The van der Waals surface area contributed by atoms with E-state index in [1.807, 2.05) is 31.2 Å². The number of hydrogen-bond acceptors (Lipinski definition) is 4. The summed E-state index contributed by atoms with van der Waals surface area (Å²) in [7, 11) is 0. The van der Waals surface area contributed by atoms with Crippen molar-refractivity contribution in [1.29, 1.82) is 0 Å². The molecule has 1 atom stereocenters. The number of furan rings is 1. The molecule has 6 nitrogen and oxygen atoms in total. The number of anilines is 2. The van der Waals surface area contributed by atoms with E-state index in [4.69, 9.17) is 4.42 Å². The van der Waals surface area contributed by atoms with Crippen molar-refractivity contribution in [2.24, 2.45) is 0 Å². The predicted molar refractivity (Wildman–Crippen MR) is 89.7 cm³/mol. The quantitative estimate of drug-likeness (QED) is 0.890. The topological polar surface area (TPSA) is 70.4 Å². The summed E-state index contributed by atoms with van der Waals surface area (Å²) in [6, 6.07) is 7.33. The molecule has 2 N–H and O–H groups in total. The van der Waals surface area contributed by atoms with Crippen LogP contribution in [-0.4, -0.2) is 30.1 Å². The lowest BCUT2D eigenvalue weighted by Crippen LogP contribution is -2.37. The minimum atomic E-state index is -0.236. The minimum Gasteiger partial charge on any atom is -0.469 e. The van der Waals surface area contributed by atoms with E-state index in [1.165, 1.54) is 12.8 Å². The summed E-state index contributed by atoms with van der Waals surface area (Å²) < 4.78 is 5.28. The number of rotatable bonds is 5. The molecule has 2 amide bonds. The molecule has 3 heterocycles. The van der Waals surface area contributed by atoms with Crippen molar-refractivity contribution in [2.45, 2.75) is 32.2 Å². The van der Waals surface area contributed by atoms with Gasteiger partial charge < -0.3 is 20.0 Å². The fourth-order valence-electron chi connectivity index (χ4n) is 2.77. The van der Waals surface area contributed by atoms with Crippen LogP contribution < -0.4 is 15.5 Å². The molecule has 0 aromatic carbocycles. The Morgan fingerprint density at radius 2 is 2.17 bits per heavy atom. The molecule has 1 aliphatic rings. The fraction of sp³-hybridized carbons (Fsp3) is 0.412. The molecule has 23 heavy (non-hydrogen) atoms. The van der Waals surface area contributed by atoms with Gasteiger partial charge in [-0.05, 0) is 44.0 Å². The lowest BCUT2D eigenvalue weighted by molar-refractivity contribution is 0.248. The summed E-state index contributed by atoms with van der Waals surface area (Å²) in [6.45, 7) is 4.06. The third-order valence-corrected chi connectivity index (χ3v) is 3.90. The number of carbonyl (C=O) groups excluding carboxylic acids is 1. The molecule has 1 saturated heterocycles. The van der Waals surface area contributed by atoms with Crippen LogP contribution in [0.4, 0.5) is 16.3 Å². The Labute approximate surface area is 135 Å². The number of amides is 2. The van der Waals surface area contributed by atoms with E-state index in [9.17, 15) is 4.79 Å². The summed E-state index contributed by atoms with van der Waals surface area (Å²) in [4.78, 5) is 18.7. The van der Waals surface area contributed by atoms with Gasteiger partial charge in [0.2, 0.25) is 0 Å². The lowest BCUT2D eigenvalue weighted by Gasteiger charge is -2.17. The number of urea groups is 1. The third kappa shape index (κ3) is 4.25. The summed E-state index contributed by atoms with van der Waals surface area (Å²) in [5, 5.41) is 5.70. The molecule has 0 radical (unpaired) electrons. The molecular weight excluding hydrogens is 292 g/mol. The van der Waals surface area contributed by atoms with Gasteiger partial charge in [0.25, 0.3) is 0 Å². The van der Waals surface area contributed by atoms with Gasteiger partial charge >= 0.3 is 6.03 Å². The molecule has 0 bridgehead atoms. The molecule has 3 rings (SSSR count). The van der Waals surface area contributed by atoms with Crippen molar-refractivity contribution < 1.29 is 9.21 Å². The summed E-state index contributed by atoms with van der Waals surface area (Å²) in [5.74, 6) is 1.83. The van der Waals surface area contributed by atoms with Crippen LogP contribution in [-0.2, 0) is 6.42 Å². The zero-order chi connectivity index (χ0) is 16.1. The van der Waals surface area contributed by atoms with Gasteiger partial charge in [-0.25, -0.2) is 9.78 Å². The third-order valence-electron chi connectivity index (χ3n) is 3.90. The van der Waals surface area contributed by atoms with Crippen molar-refractivity contribution in [3.05, 3.63) is 42.5 Å². The van der Waals surface area contributed by atoms with E-state index in [0.29, 0.717) is 12.1 Å². The molecule has 0 saturated carbocycles. The van der Waals surface area contributed by atoms with Crippen LogP contribution >= 0.6 is 0 Å². The Kier molecular flexibility index (Phi) is 4.80. The van der Waals surface area contributed by atoms with Crippen molar-refractivity contribution in [3.63, 3.8) is 0 Å². The standard InChI is InChI=1S/C17H22N4O2/c1-13(11-15-5-4-10-23-15)19-17(22)20-14-6-7-16(18-12-14)21-8-2-3-9-21/h4-7,10,12-13H,2-3,8-9,11H2,1H3,(H2,19,20,22)/t13-/m1/s1. The number of carbonyl (C=O) groups is 1. The van der Waals surface area contributed by atoms with E-state index in [0.717, 1.165) is 24.7 Å². The average molecular weight is 314 g/mol. The van der Waals surface area contributed by atoms with Crippen molar-refractivity contribution >= 4 is 17.5 Å². The molecule has 122 valence electrons. The summed E-state index contributed by atoms with van der Waals surface area (Å²) >= 11 is 0. The van der Waals surface area contributed by atoms with Crippen molar-refractivity contribution in [3.8, 4) is 0 Å². The highest BCUT2D eigenvalue weighted by Gasteiger charge is 2.14. The molecular formula is C17H22N4O2. The molecule has 0 unspecified atom stereocenters. The maximum absolute atomic E-state index is 12.0. The van der Waals surface area contributed by atoms with Gasteiger partial charge in [0.05, 0.1) is 18.1 Å². The molecule has 6 heteroatoms. The number of nitrogens with one attached hydrogen (secondary N) is 2. The summed E-state index contributed by atoms with van der Waals surface area (Å²) in [5.41, 5.74) is 0.690. The van der Waals surface area contributed by atoms with Gasteiger partial charge in [0.15, 0.2) is 0 Å². The smallest absolute Gasteiger partial charge is 0.319 e. The van der Waals surface area contributed by atoms with E-state index in [1.54, 1.807) is 12.5 Å². The highest BCUT2D eigenvalue weighted by Crippen LogP contribution is 2.19. The molecule has 2 aromatic heterocycles. The molecule has 1 aliphatic heterocycles. The average Bonchev–Trinajstić information content (AvgIpc) is 3.20. The number of aromatic nitrogens is 1. The minimum absolute atomic E-state index is 0.0158. The van der Waals surface area contributed by atoms with Crippen LogP contribution in [0.25, 0.3) is 0 Å².